The lowest BCUT2D eigenvalue weighted by molar-refractivity contribution is -0.131. The molecule has 36 heavy (non-hydrogen) atoms. The van der Waals surface area contributed by atoms with Gasteiger partial charge in [0.05, 0.1) is 17.5 Å². The van der Waals surface area contributed by atoms with Crippen LogP contribution in [0, 0.1) is 6.92 Å². The van der Waals surface area contributed by atoms with E-state index in [1.165, 1.54) is 0 Å². The molecule has 3 N–H and O–H groups in total. The Bertz CT molecular complexity index is 1230. The molecule has 1 aliphatic rings. The maximum Gasteiger partial charge on any atom is 0.251 e. The second-order valence-electron chi connectivity index (χ2n) is 9.97. The summed E-state index contributed by atoms with van der Waals surface area (Å²) >= 11 is 0. The fourth-order valence-electron chi connectivity index (χ4n) is 5.27. The standard InChI is InChI=1S/C28H34N4O4/c1-18-13-22(24-7-5-6-8-25(24)29-18)17-36-23-11-9-21(10-12-23)27(34)30-28(16-26(33)31-35)14-19(2)32(4)20(3)15-28/h5-13,19-20,35H,14-17H2,1-4H3,(H,30,34)(H,31,33)/t19-,20+,28+. The summed E-state index contributed by atoms with van der Waals surface area (Å²) in [6.07, 6.45) is 1.22. The van der Waals surface area contributed by atoms with E-state index in [4.69, 9.17) is 9.94 Å². The van der Waals surface area contributed by atoms with Crippen molar-refractivity contribution in [1.29, 1.82) is 0 Å². The number of nitrogens with zero attached hydrogens (tertiary/aromatic N) is 2. The molecular formula is C28H34N4O4. The molecule has 2 heterocycles. The largest absolute Gasteiger partial charge is 0.489 e. The van der Waals surface area contributed by atoms with E-state index < -0.39 is 11.4 Å². The van der Waals surface area contributed by atoms with Crippen molar-refractivity contribution >= 4 is 22.7 Å². The van der Waals surface area contributed by atoms with Crippen LogP contribution in [0.4, 0.5) is 0 Å². The summed E-state index contributed by atoms with van der Waals surface area (Å²) in [5.74, 6) is -0.116. The number of hydrogen-bond acceptors (Lipinski definition) is 6. The molecule has 0 saturated carbocycles. The number of para-hydroxylation sites is 1. The van der Waals surface area contributed by atoms with Crippen LogP contribution < -0.4 is 15.5 Å². The highest BCUT2D eigenvalue weighted by Crippen LogP contribution is 2.33. The number of fused-ring (bicyclic) bond motifs is 1. The Kier molecular flexibility index (Phi) is 7.56. The van der Waals surface area contributed by atoms with Gasteiger partial charge < -0.3 is 15.0 Å². The van der Waals surface area contributed by atoms with Gasteiger partial charge in [-0.2, -0.15) is 0 Å². The number of carbonyl (C=O) groups excluding carboxylic acids is 2. The summed E-state index contributed by atoms with van der Waals surface area (Å²) in [5, 5.41) is 13.3. The number of rotatable bonds is 7. The van der Waals surface area contributed by atoms with Gasteiger partial charge in [0.15, 0.2) is 0 Å². The molecule has 4 rings (SSSR count). The van der Waals surface area contributed by atoms with Gasteiger partial charge in [-0.3, -0.25) is 19.8 Å². The zero-order chi connectivity index (χ0) is 25.9. The molecule has 2 amide bonds. The number of carbonyl (C=O) groups is 2. The molecule has 1 aliphatic heterocycles. The van der Waals surface area contributed by atoms with Crippen LogP contribution >= 0.6 is 0 Å². The lowest BCUT2D eigenvalue weighted by Crippen LogP contribution is -2.61. The Morgan fingerprint density at radius 3 is 2.44 bits per heavy atom. The Balaban J connectivity index is 1.46. The number of ether oxygens (including phenoxy) is 1. The van der Waals surface area contributed by atoms with E-state index in [1.54, 1.807) is 29.7 Å². The molecule has 1 saturated heterocycles. The van der Waals surface area contributed by atoms with Gasteiger partial charge >= 0.3 is 0 Å². The molecule has 3 atom stereocenters. The number of hydroxylamine groups is 1. The first-order valence-corrected chi connectivity index (χ1v) is 12.3. The summed E-state index contributed by atoms with van der Waals surface area (Å²) in [7, 11) is 2.04. The number of nitrogens with one attached hydrogen (secondary N) is 2. The Labute approximate surface area is 211 Å². The number of piperidine rings is 1. The Morgan fingerprint density at radius 2 is 1.78 bits per heavy atom. The molecular weight excluding hydrogens is 456 g/mol. The van der Waals surface area contributed by atoms with E-state index in [0.717, 1.165) is 22.2 Å². The molecule has 2 aromatic carbocycles. The quantitative estimate of drug-likeness (QED) is 0.342. The van der Waals surface area contributed by atoms with Crippen LogP contribution in [-0.4, -0.2) is 51.6 Å². The van der Waals surface area contributed by atoms with E-state index in [2.05, 4.69) is 29.0 Å². The zero-order valence-electron chi connectivity index (χ0n) is 21.2. The van der Waals surface area contributed by atoms with Gasteiger partial charge in [0.25, 0.3) is 5.91 Å². The average molecular weight is 491 g/mol. The Hall–Kier alpha value is -3.49. The van der Waals surface area contributed by atoms with Crippen LogP contribution in [0.25, 0.3) is 10.9 Å². The fraction of sp³-hybridized carbons (Fsp3) is 0.393. The van der Waals surface area contributed by atoms with Gasteiger partial charge in [0, 0.05) is 34.3 Å². The average Bonchev–Trinajstić information content (AvgIpc) is 2.85. The van der Waals surface area contributed by atoms with Gasteiger partial charge in [-0.25, -0.2) is 5.48 Å². The first kappa shape index (κ1) is 25.6. The van der Waals surface area contributed by atoms with E-state index >= 15 is 0 Å². The monoisotopic (exact) mass is 490 g/mol. The third-order valence-electron chi connectivity index (χ3n) is 7.21. The topological polar surface area (TPSA) is 104 Å². The normalized spacial score (nSPS) is 22.2. The smallest absolute Gasteiger partial charge is 0.251 e. The molecule has 1 fully saturated rings. The highest BCUT2D eigenvalue weighted by Gasteiger charge is 2.43. The minimum atomic E-state index is -0.745. The number of amides is 2. The molecule has 8 nitrogen and oxygen atoms in total. The molecule has 190 valence electrons. The third kappa shape index (κ3) is 5.66. The Morgan fingerprint density at radius 1 is 1.11 bits per heavy atom. The summed E-state index contributed by atoms with van der Waals surface area (Å²) in [6.45, 7) is 6.50. The maximum absolute atomic E-state index is 13.2. The number of aromatic nitrogens is 1. The van der Waals surface area contributed by atoms with Gasteiger partial charge in [0.1, 0.15) is 12.4 Å². The second-order valence-corrected chi connectivity index (χ2v) is 9.97. The van der Waals surface area contributed by atoms with Crippen LogP contribution in [0.3, 0.4) is 0 Å². The number of benzene rings is 2. The van der Waals surface area contributed by atoms with Crippen LogP contribution in [0.5, 0.6) is 5.75 Å². The first-order chi connectivity index (χ1) is 17.2. The highest BCUT2D eigenvalue weighted by atomic mass is 16.5. The van der Waals surface area contributed by atoms with Crippen molar-refractivity contribution in [3.63, 3.8) is 0 Å². The molecule has 8 heteroatoms. The number of aryl methyl sites for hydroxylation is 1. The fourth-order valence-corrected chi connectivity index (χ4v) is 5.27. The SMILES string of the molecule is Cc1cc(COc2ccc(C(=O)N[C@@]3(CC(=O)NO)C[C@@H](C)N(C)[C@@H](C)C3)cc2)c2ccccc2n1. The van der Waals surface area contributed by atoms with Crippen molar-refractivity contribution in [2.75, 3.05) is 7.05 Å². The second kappa shape index (κ2) is 10.6. The lowest BCUT2D eigenvalue weighted by Gasteiger charge is -2.48. The van der Waals surface area contributed by atoms with Crippen LogP contribution in [0.15, 0.2) is 54.6 Å². The van der Waals surface area contributed by atoms with Crippen LogP contribution in [-0.2, 0) is 11.4 Å². The van der Waals surface area contributed by atoms with Gasteiger partial charge in [-0.1, -0.05) is 18.2 Å². The van der Waals surface area contributed by atoms with Crippen molar-refractivity contribution in [3.05, 3.63) is 71.4 Å². The number of pyridine rings is 1. The number of hydrogen-bond donors (Lipinski definition) is 3. The molecule has 0 spiro atoms. The van der Waals surface area contributed by atoms with Gasteiger partial charge in [-0.15, -0.1) is 0 Å². The van der Waals surface area contributed by atoms with E-state index in [-0.39, 0.29) is 24.4 Å². The lowest BCUT2D eigenvalue weighted by atomic mass is 9.77. The molecule has 0 unspecified atom stereocenters. The molecule has 0 bridgehead atoms. The van der Waals surface area contributed by atoms with E-state index in [1.807, 2.05) is 44.3 Å². The molecule has 3 aromatic rings. The highest BCUT2D eigenvalue weighted by molar-refractivity contribution is 5.95. The van der Waals surface area contributed by atoms with Crippen molar-refractivity contribution in [1.82, 2.24) is 20.7 Å². The van der Waals surface area contributed by atoms with Crippen LogP contribution in [0.2, 0.25) is 0 Å². The van der Waals surface area contributed by atoms with Crippen molar-refractivity contribution in [3.8, 4) is 5.75 Å². The predicted octanol–water partition coefficient (Wildman–Crippen LogP) is 3.99. The van der Waals surface area contributed by atoms with E-state index in [0.29, 0.717) is 30.8 Å². The number of likely N-dealkylation sites (tertiary alicyclic amines) is 1. The molecule has 0 aliphatic carbocycles. The maximum atomic E-state index is 13.2. The zero-order valence-corrected chi connectivity index (χ0v) is 21.2. The van der Waals surface area contributed by atoms with Crippen molar-refractivity contribution < 1.29 is 19.5 Å². The van der Waals surface area contributed by atoms with Gasteiger partial charge in [-0.05, 0) is 77.1 Å². The summed E-state index contributed by atoms with van der Waals surface area (Å²) < 4.78 is 6.02. The van der Waals surface area contributed by atoms with Crippen molar-refractivity contribution in [2.24, 2.45) is 0 Å². The van der Waals surface area contributed by atoms with Crippen LogP contribution in [0.1, 0.15) is 54.7 Å². The minimum Gasteiger partial charge on any atom is -0.489 e. The summed E-state index contributed by atoms with van der Waals surface area (Å²) in [5.41, 5.74) is 4.37. The first-order valence-electron chi connectivity index (χ1n) is 12.3. The van der Waals surface area contributed by atoms with Gasteiger partial charge in [0.2, 0.25) is 5.91 Å². The minimum absolute atomic E-state index is 0.0122. The predicted molar refractivity (Wildman–Crippen MR) is 138 cm³/mol. The molecule has 0 radical (unpaired) electrons. The van der Waals surface area contributed by atoms with Crippen molar-refractivity contribution in [2.45, 2.75) is 64.3 Å². The van der Waals surface area contributed by atoms with E-state index in [9.17, 15) is 9.59 Å². The molecule has 1 aromatic heterocycles. The third-order valence-corrected chi connectivity index (χ3v) is 7.21. The summed E-state index contributed by atoms with van der Waals surface area (Å²) in [4.78, 5) is 32.1. The summed E-state index contributed by atoms with van der Waals surface area (Å²) in [6, 6.07) is 17.3.